The van der Waals surface area contributed by atoms with Crippen molar-refractivity contribution in [2.75, 3.05) is 33.2 Å². The quantitative estimate of drug-likeness (QED) is 0.763. The number of hydrazine groups is 1. The summed E-state index contributed by atoms with van der Waals surface area (Å²) in [4.78, 5) is 22.3. The van der Waals surface area contributed by atoms with E-state index < -0.39 is 0 Å². The van der Waals surface area contributed by atoms with Gasteiger partial charge in [0.25, 0.3) is 0 Å². The average Bonchev–Trinajstić information content (AvgIpc) is 3.00. The number of nitrogens with one attached hydrogen (secondary N) is 2. The smallest absolute Gasteiger partial charge is 0.234 e. The minimum Gasteiger partial charge on any atom is -0.353 e. The fraction of sp³-hybridized carbons (Fsp3) is 0.368. The lowest BCUT2D eigenvalue weighted by atomic mass is 10.1. The van der Waals surface area contributed by atoms with Gasteiger partial charge < -0.3 is 9.88 Å². The maximum atomic E-state index is 12.2. The molecule has 0 aliphatic carbocycles. The lowest BCUT2D eigenvalue weighted by Gasteiger charge is -2.32. The molecule has 25 heavy (non-hydrogen) atoms. The third-order valence-electron chi connectivity index (χ3n) is 4.84. The summed E-state index contributed by atoms with van der Waals surface area (Å²) in [7, 11) is 2.10. The number of piperazine rings is 1. The standard InChI is InChI=1S/C19H23N5O/c1-23-8-10-24(11-9-23)22-19(25)7-6-14-12-16-15-4-2-3-5-17(15)21-18(16)13-20-14/h2-5,12-13,21H,6-11H2,1H3,(H,22,25). The lowest BCUT2D eigenvalue weighted by Crippen LogP contribution is -2.52. The Morgan fingerprint density at radius 2 is 1.96 bits per heavy atom. The Hall–Kier alpha value is -2.44. The number of hydrogen-bond acceptors (Lipinski definition) is 4. The number of carbonyl (C=O) groups excluding carboxylic acids is 1. The van der Waals surface area contributed by atoms with Crippen LogP contribution < -0.4 is 5.43 Å². The van der Waals surface area contributed by atoms with Gasteiger partial charge in [0, 0.05) is 54.6 Å². The molecule has 0 atom stereocenters. The third kappa shape index (κ3) is 3.50. The number of rotatable bonds is 4. The molecule has 2 N–H and O–H groups in total. The first-order valence-electron chi connectivity index (χ1n) is 8.77. The molecule has 1 aromatic carbocycles. The van der Waals surface area contributed by atoms with E-state index >= 15 is 0 Å². The second kappa shape index (κ2) is 6.82. The number of aromatic amines is 1. The van der Waals surface area contributed by atoms with Crippen molar-refractivity contribution in [3.05, 3.63) is 42.2 Å². The summed E-state index contributed by atoms with van der Waals surface area (Å²) in [6, 6.07) is 10.3. The fourth-order valence-corrected chi connectivity index (χ4v) is 3.32. The van der Waals surface area contributed by atoms with Crippen molar-refractivity contribution in [2.24, 2.45) is 0 Å². The van der Waals surface area contributed by atoms with Crippen LogP contribution in [0.4, 0.5) is 0 Å². The highest BCUT2D eigenvalue weighted by Gasteiger charge is 2.15. The maximum absolute atomic E-state index is 12.2. The predicted octanol–water partition coefficient (Wildman–Crippen LogP) is 1.93. The first-order chi connectivity index (χ1) is 12.2. The summed E-state index contributed by atoms with van der Waals surface area (Å²) in [5, 5.41) is 4.38. The topological polar surface area (TPSA) is 64.3 Å². The molecular weight excluding hydrogens is 314 g/mol. The number of carbonyl (C=O) groups is 1. The SMILES string of the molecule is CN1CCN(NC(=O)CCc2cc3c(cn2)[nH]c2ccccc23)CC1. The summed E-state index contributed by atoms with van der Waals surface area (Å²) in [6.45, 7) is 3.72. The van der Waals surface area contributed by atoms with Gasteiger partial charge in [0.05, 0.1) is 11.7 Å². The van der Waals surface area contributed by atoms with E-state index in [1.807, 2.05) is 23.3 Å². The average molecular weight is 337 g/mol. The number of nitrogens with zero attached hydrogens (tertiary/aromatic N) is 3. The number of aromatic nitrogens is 2. The second-order valence-corrected chi connectivity index (χ2v) is 6.72. The highest BCUT2D eigenvalue weighted by molar-refractivity contribution is 6.06. The van der Waals surface area contributed by atoms with Crippen molar-refractivity contribution >= 4 is 27.7 Å². The molecule has 3 aromatic rings. The zero-order chi connectivity index (χ0) is 17.2. The maximum Gasteiger partial charge on any atom is 0.234 e. The Labute approximate surface area is 146 Å². The van der Waals surface area contributed by atoms with E-state index in [0.29, 0.717) is 12.8 Å². The summed E-state index contributed by atoms with van der Waals surface area (Å²) >= 11 is 0. The van der Waals surface area contributed by atoms with Gasteiger partial charge in [-0.1, -0.05) is 18.2 Å². The van der Waals surface area contributed by atoms with Gasteiger partial charge >= 0.3 is 0 Å². The van der Waals surface area contributed by atoms with E-state index in [1.165, 1.54) is 10.8 Å². The highest BCUT2D eigenvalue weighted by atomic mass is 16.2. The molecule has 1 aliphatic rings. The molecule has 0 bridgehead atoms. The van der Waals surface area contributed by atoms with Crippen molar-refractivity contribution in [1.29, 1.82) is 0 Å². The van der Waals surface area contributed by atoms with Crippen LogP contribution in [-0.4, -0.2) is 59.0 Å². The molecule has 130 valence electrons. The molecule has 6 nitrogen and oxygen atoms in total. The number of aryl methyl sites for hydroxylation is 1. The molecule has 2 aromatic heterocycles. The van der Waals surface area contributed by atoms with Gasteiger partial charge in [-0.25, -0.2) is 5.01 Å². The number of benzene rings is 1. The number of likely N-dealkylation sites (N-methyl/N-ethyl adjacent to an activating group) is 1. The molecule has 1 saturated heterocycles. The molecule has 0 saturated carbocycles. The van der Waals surface area contributed by atoms with Crippen molar-refractivity contribution < 1.29 is 4.79 Å². The van der Waals surface area contributed by atoms with Crippen LogP contribution in [0.25, 0.3) is 21.8 Å². The van der Waals surface area contributed by atoms with Gasteiger partial charge in [-0.05, 0) is 25.6 Å². The van der Waals surface area contributed by atoms with Crippen LogP contribution in [0, 0.1) is 0 Å². The van der Waals surface area contributed by atoms with Gasteiger partial charge in [-0.3, -0.25) is 15.2 Å². The molecule has 1 aliphatic heterocycles. The zero-order valence-electron chi connectivity index (χ0n) is 14.5. The van der Waals surface area contributed by atoms with Crippen LogP contribution in [0.1, 0.15) is 12.1 Å². The lowest BCUT2D eigenvalue weighted by molar-refractivity contribution is -0.126. The van der Waals surface area contributed by atoms with Crippen molar-refractivity contribution in [1.82, 2.24) is 25.3 Å². The summed E-state index contributed by atoms with van der Waals surface area (Å²) < 4.78 is 0. The fourth-order valence-electron chi connectivity index (χ4n) is 3.32. The highest BCUT2D eigenvalue weighted by Crippen LogP contribution is 2.25. The van der Waals surface area contributed by atoms with Crippen LogP contribution in [0.2, 0.25) is 0 Å². The Balaban J connectivity index is 1.40. The van der Waals surface area contributed by atoms with E-state index in [1.54, 1.807) is 0 Å². The van der Waals surface area contributed by atoms with E-state index in [4.69, 9.17) is 0 Å². The number of H-pyrrole nitrogens is 1. The Morgan fingerprint density at radius 1 is 1.16 bits per heavy atom. The van der Waals surface area contributed by atoms with Crippen molar-refractivity contribution in [3.63, 3.8) is 0 Å². The van der Waals surface area contributed by atoms with Crippen LogP contribution in [0.5, 0.6) is 0 Å². The van der Waals surface area contributed by atoms with E-state index in [-0.39, 0.29) is 5.91 Å². The van der Waals surface area contributed by atoms with Crippen LogP contribution in [0.15, 0.2) is 36.5 Å². The minimum absolute atomic E-state index is 0.0605. The number of fused-ring (bicyclic) bond motifs is 3. The first kappa shape index (κ1) is 16.1. The molecule has 0 radical (unpaired) electrons. The van der Waals surface area contributed by atoms with Crippen LogP contribution in [-0.2, 0) is 11.2 Å². The molecule has 0 unspecified atom stereocenters. The minimum atomic E-state index is 0.0605. The van der Waals surface area contributed by atoms with E-state index in [2.05, 4.69) is 45.5 Å². The summed E-state index contributed by atoms with van der Waals surface area (Å²) in [6.07, 6.45) is 2.96. The van der Waals surface area contributed by atoms with E-state index in [0.717, 1.165) is 42.9 Å². The number of hydrogen-bond donors (Lipinski definition) is 2. The van der Waals surface area contributed by atoms with E-state index in [9.17, 15) is 4.79 Å². The number of para-hydroxylation sites is 1. The molecule has 1 fully saturated rings. The second-order valence-electron chi connectivity index (χ2n) is 6.72. The van der Waals surface area contributed by atoms with Crippen molar-refractivity contribution in [2.45, 2.75) is 12.8 Å². The van der Waals surface area contributed by atoms with Crippen molar-refractivity contribution in [3.8, 4) is 0 Å². The number of amides is 1. The van der Waals surface area contributed by atoms with Gasteiger partial charge in [0.1, 0.15) is 0 Å². The molecule has 6 heteroatoms. The van der Waals surface area contributed by atoms with Gasteiger partial charge in [0.2, 0.25) is 5.91 Å². The van der Waals surface area contributed by atoms with Crippen LogP contribution >= 0.6 is 0 Å². The van der Waals surface area contributed by atoms with Gasteiger partial charge in [0.15, 0.2) is 0 Å². The normalized spacial score (nSPS) is 16.5. The summed E-state index contributed by atoms with van der Waals surface area (Å²) in [5.41, 5.74) is 6.10. The monoisotopic (exact) mass is 337 g/mol. The zero-order valence-corrected chi connectivity index (χ0v) is 14.5. The Morgan fingerprint density at radius 3 is 2.80 bits per heavy atom. The molecule has 1 amide bonds. The van der Waals surface area contributed by atoms with Crippen LogP contribution in [0.3, 0.4) is 0 Å². The molecule has 0 spiro atoms. The molecule has 4 rings (SSSR count). The Kier molecular flexibility index (Phi) is 4.38. The largest absolute Gasteiger partial charge is 0.353 e. The van der Waals surface area contributed by atoms with Gasteiger partial charge in [-0.2, -0.15) is 0 Å². The van der Waals surface area contributed by atoms with Gasteiger partial charge in [-0.15, -0.1) is 0 Å². The third-order valence-corrected chi connectivity index (χ3v) is 4.84. The number of pyridine rings is 1. The predicted molar refractivity (Wildman–Crippen MR) is 99.1 cm³/mol. The first-order valence-corrected chi connectivity index (χ1v) is 8.77. The molecule has 3 heterocycles. The summed E-state index contributed by atoms with van der Waals surface area (Å²) in [5.74, 6) is 0.0605. The Bertz CT molecular complexity index is 895. The molecular formula is C19H23N5O.